The smallest absolute Gasteiger partial charge is 0.308 e. The molecule has 0 heterocycles. The van der Waals surface area contributed by atoms with Gasteiger partial charge in [0.05, 0.1) is 5.92 Å². The zero-order chi connectivity index (χ0) is 9.80. The molecule has 2 bridgehead atoms. The highest BCUT2D eigenvalue weighted by Gasteiger charge is 2.58. The van der Waals surface area contributed by atoms with E-state index >= 15 is 0 Å². The zero-order valence-electron chi connectivity index (χ0n) is 8.56. The van der Waals surface area contributed by atoms with Gasteiger partial charge in [0.25, 0.3) is 0 Å². The van der Waals surface area contributed by atoms with E-state index in [2.05, 4.69) is 13.8 Å². The summed E-state index contributed by atoms with van der Waals surface area (Å²) in [5, 5.41) is 8.94. The summed E-state index contributed by atoms with van der Waals surface area (Å²) in [6.45, 7) is 4.42. The van der Waals surface area contributed by atoms with Crippen LogP contribution >= 0.6 is 12.4 Å². The minimum atomic E-state index is -0.710. The molecular formula is C10H18ClNO2. The van der Waals surface area contributed by atoms with Crippen LogP contribution in [-0.4, -0.2) is 17.1 Å². The van der Waals surface area contributed by atoms with Crippen molar-refractivity contribution in [3.63, 3.8) is 0 Å². The number of carboxylic acid groups (broad SMARTS) is 1. The molecular weight excluding hydrogens is 202 g/mol. The second-order valence-electron chi connectivity index (χ2n) is 5.12. The highest BCUT2D eigenvalue weighted by molar-refractivity contribution is 5.85. The topological polar surface area (TPSA) is 63.3 Å². The lowest BCUT2D eigenvalue weighted by atomic mass is 9.45. The highest BCUT2D eigenvalue weighted by Crippen LogP contribution is 2.60. The van der Waals surface area contributed by atoms with E-state index in [4.69, 9.17) is 10.8 Å². The van der Waals surface area contributed by atoms with Gasteiger partial charge in [-0.05, 0) is 30.1 Å². The number of aliphatic carboxylic acids is 1. The summed E-state index contributed by atoms with van der Waals surface area (Å²) in [6.07, 6.45) is 1.91. The van der Waals surface area contributed by atoms with Crippen molar-refractivity contribution in [2.24, 2.45) is 28.9 Å². The molecule has 0 saturated heterocycles. The predicted octanol–water partition coefficient (Wildman–Crippen LogP) is 1.50. The molecule has 0 spiro atoms. The molecule has 4 atom stereocenters. The summed E-state index contributed by atoms with van der Waals surface area (Å²) in [5.41, 5.74) is 6.24. The maximum absolute atomic E-state index is 10.9. The van der Waals surface area contributed by atoms with E-state index < -0.39 is 5.97 Å². The Labute approximate surface area is 90.5 Å². The molecule has 3 aliphatic carbocycles. The van der Waals surface area contributed by atoms with Crippen LogP contribution in [0.5, 0.6) is 0 Å². The SMILES string of the molecule is CC1(C)[C@H]2C[C@H](C(=O)O)[C@H](N)[C@@H]1C2.Cl. The van der Waals surface area contributed by atoms with E-state index in [-0.39, 0.29) is 29.8 Å². The largest absolute Gasteiger partial charge is 0.481 e. The number of halogens is 1. The number of carboxylic acids is 1. The van der Waals surface area contributed by atoms with Gasteiger partial charge in [0.1, 0.15) is 0 Å². The first-order valence-electron chi connectivity index (χ1n) is 4.93. The number of fused-ring (bicyclic) bond motifs is 2. The van der Waals surface area contributed by atoms with E-state index in [1.807, 2.05) is 0 Å². The predicted molar refractivity (Wildman–Crippen MR) is 56.3 cm³/mol. The van der Waals surface area contributed by atoms with E-state index in [9.17, 15) is 4.79 Å². The first-order valence-corrected chi connectivity index (χ1v) is 4.93. The molecule has 0 unspecified atom stereocenters. The average molecular weight is 220 g/mol. The molecule has 4 heteroatoms. The first-order chi connectivity index (χ1) is 5.94. The van der Waals surface area contributed by atoms with Gasteiger partial charge in [0.15, 0.2) is 0 Å². The van der Waals surface area contributed by atoms with E-state index in [1.54, 1.807) is 0 Å². The van der Waals surface area contributed by atoms with Crippen molar-refractivity contribution < 1.29 is 9.90 Å². The van der Waals surface area contributed by atoms with Crippen molar-refractivity contribution >= 4 is 18.4 Å². The van der Waals surface area contributed by atoms with Gasteiger partial charge in [-0.3, -0.25) is 4.79 Å². The zero-order valence-corrected chi connectivity index (χ0v) is 9.38. The Kier molecular flexibility index (Phi) is 2.85. The van der Waals surface area contributed by atoms with E-state index in [0.29, 0.717) is 11.8 Å². The fourth-order valence-electron chi connectivity index (χ4n) is 3.12. The van der Waals surface area contributed by atoms with Crippen molar-refractivity contribution in [2.45, 2.75) is 32.7 Å². The van der Waals surface area contributed by atoms with Crippen LogP contribution in [-0.2, 0) is 4.79 Å². The maximum Gasteiger partial charge on any atom is 0.308 e. The highest BCUT2D eigenvalue weighted by atomic mass is 35.5. The summed E-state index contributed by atoms with van der Waals surface area (Å²) >= 11 is 0. The lowest BCUT2D eigenvalue weighted by Gasteiger charge is -2.60. The Morgan fingerprint density at radius 3 is 2.36 bits per heavy atom. The molecule has 0 aromatic rings. The number of hydrogen-bond donors (Lipinski definition) is 2. The average Bonchev–Trinajstić information content (AvgIpc) is 2.02. The van der Waals surface area contributed by atoms with Crippen molar-refractivity contribution in [1.82, 2.24) is 0 Å². The van der Waals surface area contributed by atoms with Crippen molar-refractivity contribution in [3.8, 4) is 0 Å². The maximum atomic E-state index is 10.9. The molecule has 82 valence electrons. The van der Waals surface area contributed by atoms with Crippen LogP contribution in [0.15, 0.2) is 0 Å². The number of carbonyl (C=O) groups is 1. The first kappa shape index (κ1) is 11.8. The van der Waals surface area contributed by atoms with Gasteiger partial charge >= 0.3 is 5.97 Å². The fourth-order valence-corrected chi connectivity index (χ4v) is 3.12. The number of hydrogen-bond acceptors (Lipinski definition) is 2. The minimum Gasteiger partial charge on any atom is -0.481 e. The van der Waals surface area contributed by atoms with Crippen LogP contribution in [0.2, 0.25) is 0 Å². The molecule has 14 heavy (non-hydrogen) atoms. The summed E-state index contributed by atoms with van der Waals surface area (Å²) in [7, 11) is 0. The van der Waals surface area contributed by atoms with E-state index in [1.165, 1.54) is 0 Å². The Morgan fingerprint density at radius 1 is 1.43 bits per heavy atom. The minimum absolute atomic E-state index is 0. The Balaban J connectivity index is 0.000000980. The molecule has 3 saturated carbocycles. The lowest BCUT2D eigenvalue weighted by molar-refractivity contribution is -0.159. The summed E-state index contributed by atoms with van der Waals surface area (Å²) < 4.78 is 0. The summed E-state index contributed by atoms with van der Waals surface area (Å²) in [5.74, 6) is 0.000208. The number of rotatable bonds is 1. The van der Waals surface area contributed by atoms with Gasteiger partial charge in [-0.25, -0.2) is 0 Å². The molecule has 0 aromatic carbocycles. The van der Waals surface area contributed by atoms with Crippen LogP contribution in [0, 0.1) is 23.2 Å². The molecule has 0 amide bonds. The molecule has 0 radical (unpaired) electrons. The van der Waals surface area contributed by atoms with Crippen molar-refractivity contribution in [3.05, 3.63) is 0 Å². The molecule has 3 fully saturated rings. The van der Waals surface area contributed by atoms with E-state index in [0.717, 1.165) is 12.8 Å². The van der Waals surface area contributed by atoms with Crippen LogP contribution in [0.1, 0.15) is 26.7 Å². The van der Waals surface area contributed by atoms with Crippen LogP contribution in [0.25, 0.3) is 0 Å². The Morgan fingerprint density at radius 2 is 2.00 bits per heavy atom. The third kappa shape index (κ3) is 1.34. The Hall–Kier alpha value is -0.280. The number of nitrogens with two attached hydrogens (primary N) is 1. The van der Waals surface area contributed by atoms with Crippen molar-refractivity contribution in [2.75, 3.05) is 0 Å². The van der Waals surface area contributed by atoms with Crippen LogP contribution < -0.4 is 5.73 Å². The molecule has 3 nitrogen and oxygen atoms in total. The molecule has 3 N–H and O–H groups in total. The van der Waals surface area contributed by atoms with Gasteiger partial charge in [-0.2, -0.15) is 0 Å². The Bertz CT molecular complexity index is 255. The van der Waals surface area contributed by atoms with Crippen molar-refractivity contribution in [1.29, 1.82) is 0 Å². The third-order valence-electron chi connectivity index (χ3n) is 4.33. The van der Waals surface area contributed by atoms with Crippen LogP contribution in [0.3, 0.4) is 0 Å². The monoisotopic (exact) mass is 219 g/mol. The standard InChI is InChI=1S/C10H17NO2.ClH/c1-10(2)5-3-6(9(12)13)8(11)7(10)4-5;/h5-8H,3-4,11H2,1-2H3,(H,12,13);1H/t5-,6-,7-,8-;/m0./s1. The summed E-state index contributed by atoms with van der Waals surface area (Å²) in [6, 6.07) is -0.127. The quantitative estimate of drug-likeness (QED) is 0.703. The fraction of sp³-hybridized carbons (Fsp3) is 0.900. The van der Waals surface area contributed by atoms with Gasteiger partial charge in [0, 0.05) is 6.04 Å². The second kappa shape index (κ2) is 3.38. The lowest BCUT2D eigenvalue weighted by Crippen LogP contribution is -2.62. The van der Waals surface area contributed by atoms with Gasteiger partial charge in [-0.15, -0.1) is 12.4 Å². The normalized spacial score (nSPS) is 43.4. The molecule has 3 rings (SSSR count). The third-order valence-corrected chi connectivity index (χ3v) is 4.33. The van der Waals surface area contributed by atoms with Gasteiger partial charge in [0.2, 0.25) is 0 Å². The van der Waals surface area contributed by atoms with Gasteiger partial charge < -0.3 is 10.8 Å². The molecule has 0 aliphatic heterocycles. The summed E-state index contributed by atoms with van der Waals surface area (Å²) in [4.78, 5) is 10.9. The van der Waals surface area contributed by atoms with Gasteiger partial charge in [-0.1, -0.05) is 13.8 Å². The molecule has 3 aliphatic rings. The molecule has 0 aromatic heterocycles. The van der Waals surface area contributed by atoms with Crippen LogP contribution in [0.4, 0.5) is 0 Å². The second-order valence-corrected chi connectivity index (χ2v) is 5.12.